The van der Waals surface area contributed by atoms with Gasteiger partial charge in [0.05, 0.1) is 17.4 Å². The van der Waals surface area contributed by atoms with Crippen molar-refractivity contribution in [1.82, 2.24) is 20.2 Å². The molecule has 0 amide bonds. The summed E-state index contributed by atoms with van der Waals surface area (Å²) in [5.74, 6) is -0.934. The Kier molecular flexibility index (Phi) is 3.34. The minimum Gasteiger partial charge on any atom is -0.481 e. The van der Waals surface area contributed by atoms with E-state index in [9.17, 15) is 4.79 Å². The molecule has 8 heteroatoms. The van der Waals surface area contributed by atoms with E-state index in [0.717, 1.165) is 18.2 Å². The highest BCUT2D eigenvalue weighted by Crippen LogP contribution is 2.34. The van der Waals surface area contributed by atoms with Gasteiger partial charge in [0.15, 0.2) is 0 Å². The molecule has 0 radical (unpaired) electrons. The van der Waals surface area contributed by atoms with Crippen molar-refractivity contribution in [2.75, 3.05) is 12.4 Å². The molecule has 0 spiro atoms. The molecule has 1 aliphatic rings. The number of carboxylic acids is 1. The van der Waals surface area contributed by atoms with Crippen molar-refractivity contribution in [2.24, 2.45) is 0 Å². The molecule has 1 aromatic rings. The topological polar surface area (TPSA) is 90.1 Å². The van der Waals surface area contributed by atoms with Crippen LogP contribution in [-0.2, 0) is 15.1 Å². The first-order valence-electron chi connectivity index (χ1n) is 5.29. The molecule has 2 heterocycles. The van der Waals surface area contributed by atoms with E-state index < -0.39 is 5.97 Å². The van der Waals surface area contributed by atoms with E-state index in [2.05, 4.69) is 15.5 Å². The Bertz CT molecular complexity index is 424. The maximum Gasteiger partial charge on any atom is 0.313 e. The van der Waals surface area contributed by atoms with Crippen molar-refractivity contribution in [1.29, 1.82) is 0 Å². The molecule has 2 atom stereocenters. The summed E-state index contributed by atoms with van der Waals surface area (Å²) < 4.78 is 7.21. The van der Waals surface area contributed by atoms with E-state index >= 15 is 0 Å². The first kappa shape index (κ1) is 12.3. The van der Waals surface area contributed by atoms with Crippen LogP contribution in [0.1, 0.15) is 20.3 Å². The Hall–Kier alpha value is -1.15. The Labute approximate surface area is 103 Å². The molecule has 0 saturated carbocycles. The van der Waals surface area contributed by atoms with Gasteiger partial charge >= 0.3 is 5.97 Å². The second kappa shape index (κ2) is 4.61. The van der Waals surface area contributed by atoms with Crippen LogP contribution in [0.5, 0.6) is 0 Å². The number of thioether (sulfide) groups is 1. The monoisotopic (exact) mass is 258 g/mol. The molecule has 2 rings (SSSR count). The van der Waals surface area contributed by atoms with E-state index in [-0.39, 0.29) is 17.4 Å². The largest absolute Gasteiger partial charge is 0.481 e. The van der Waals surface area contributed by atoms with Crippen molar-refractivity contribution in [2.45, 2.75) is 37.1 Å². The normalized spacial score (nSPS) is 28.5. The SMILES string of the molecule is CC1OCCC1(C)n1nnnc1SCC(=O)O. The highest BCUT2D eigenvalue weighted by atomic mass is 32.2. The molecular formula is C9H14N4O3S. The molecule has 0 bridgehead atoms. The van der Waals surface area contributed by atoms with Gasteiger partial charge in [0.1, 0.15) is 0 Å². The number of aliphatic carboxylic acids is 1. The predicted molar refractivity (Wildman–Crippen MR) is 59.9 cm³/mol. The quantitative estimate of drug-likeness (QED) is 0.780. The summed E-state index contributed by atoms with van der Waals surface area (Å²) in [6, 6.07) is 0. The summed E-state index contributed by atoms with van der Waals surface area (Å²) >= 11 is 1.12. The highest BCUT2D eigenvalue weighted by Gasteiger charge is 2.41. The van der Waals surface area contributed by atoms with Crippen molar-refractivity contribution in [3.05, 3.63) is 0 Å². The van der Waals surface area contributed by atoms with Crippen LogP contribution in [-0.4, -0.2) is 49.7 Å². The summed E-state index contributed by atoms with van der Waals surface area (Å²) in [6.45, 7) is 4.66. The fourth-order valence-corrected chi connectivity index (χ4v) is 2.53. The maximum absolute atomic E-state index is 10.5. The Morgan fingerprint density at radius 3 is 3.12 bits per heavy atom. The summed E-state index contributed by atoms with van der Waals surface area (Å²) in [7, 11) is 0. The second-order valence-electron chi connectivity index (χ2n) is 4.18. The lowest BCUT2D eigenvalue weighted by Gasteiger charge is -2.27. The molecule has 0 aromatic carbocycles. The predicted octanol–water partition coefficient (Wildman–Crippen LogP) is 0.374. The molecule has 1 fully saturated rings. The Morgan fingerprint density at radius 1 is 1.76 bits per heavy atom. The Balaban J connectivity index is 2.21. The molecule has 1 aliphatic heterocycles. The number of ether oxygens (including phenoxy) is 1. The van der Waals surface area contributed by atoms with E-state index in [1.54, 1.807) is 4.68 Å². The number of tetrazole rings is 1. The summed E-state index contributed by atoms with van der Waals surface area (Å²) in [5.41, 5.74) is -0.301. The molecule has 7 nitrogen and oxygen atoms in total. The van der Waals surface area contributed by atoms with Gasteiger partial charge in [-0.25, -0.2) is 4.68 Å². The first-order chi connectivity index (χ1) is 8.04. The third kappa shape index (κ3) is 2.27. The van der Waals surface area contributed by atoms with Crippen molar-refractivity contribution >= 4 is 17.7 Å². The van der Waals surface area contributed by atoms with Crippen LogP contribution in [0.3, 0.4) is 0 Å². The molecule has 1 N–H and O–H groups in total. The number of aromatic nitrogens is 4. The van der Waals surface area contributed by atoms with E-state index in [0.29, 0.717) is 11.8 Å². The molecule has 17 heavy (non-hydrogen) atoms. The van der Waals surface area contributed by atoms with Gasteiger partial charge in [0.25, 0.3) is 0 Å². The van der Waals surface area contributed by atoms with Crippen LogP contribution in [0.25, 0.3) is 0 Å². The Morgan fingerprint density at radius 2 is 2.53 bits per heavy atom. The summed E-state index contributed by atoms with van der Waals surface area (Å²) in [6.07, 6.45) is 0.829. The average molecular weight is 258 g/mol. The second-order valence-corrected chi connectivity index (χ2v) is 5.12. The maximum atomic E-state index is 10.5. The number of carbonyl (C=O) groups is 1. The molecule has 2 unspecified atom stereocenters. The molecule has 1 saturated heterocycles. The van der Waals surface area contributed by atoms with Gasteiger partial charge < -0.3 is 9.84 Å². The summed E-state index contributed by atoms with van der Waals surface area (Å²) in [5, 5.41) is 20.6. The van der Waals surface area contributed by atoms with Crippen molar-refractivity contribution in [3.63, 3.8) is 0 Å². The van der Waals surface area contributed by atoms with Gasteiger partial charge in [-0.1, -0.05) is 11.8 Å². The lowest BCUT2D eigenvalue weighted by atomic mass is 9.95. The van der Waals surface area contributed by atoms with Crippen molar-refractivity contribution in [3.8, 4) is 0 Å². The van der Waals surface area contributed by atoms with Gasteiger partial charge in [-0.15, -0.1) is 5.10 Å². The van der Waals surface area contributed by atoms with Gasteiger partial charge in [0, 0.05) is 6.61 Å². The zero-order chi connectivity index (χ0) is 12.5. The molecule has 0 aliphatic carbocycles. The van der Waals surface area contributed by atoms with Gasteiger partial charge in [-0.3, -0.25) is 4.79 Å². The fourth-order valence-electron chi connectivity index (χ4n) is 1.82. The minimum atomic E-state index is -0.884. The number of nitrogens with zero attached hydrogens (tertiary/aromatic N) is 4. The van der Waals surface area contributed by atoms with Gasteiger partial charge in [-0.05, 0) is 30.7 Å². The average Bonchev–Trinajstić information content (AvgIpc) is 2.85. The summed E-state index contributed by atoms with van der Waals surface area (Å²) in [4.78, 5) is 10.5. The minimum absolute atomic E-state index is 0.00942. The standard InChI is InChI=1S/C9H14N4O3S/c1-6-9(2,3-4-16-6)13-8(10-11-12-13)17-5-7(14)15/h6H,3-5H2,1-2H3,(H,14,15). The van der Waals surface area contributed by atoms with Crippen LogP contribution < -0.4 is 0 Å². The van der Waals surface area contributed by atoms with E-state index in [4.69, 9.17) is 9.84 Å². The molecule has 94 valence electrons. The van der Waals surface area contributed by atoms with Gasteiger partial charge in [-0.2, -0.15) is 0 Å². The lowest BCUT2D eigenvalue weighted by Crippen LogP contribution is -2.38. The highest BCUT2D eigenvalue weighted by molar-refractivity contribution is 7.99. The zero-order valence-corrected chi connectivity index (χ0v) is 10.5. The number of carboxylic acid groups (broad SMARTS) is 1. The lowest BCUT2D eigenvalue weighted by molar-refractivity contribution is -0.133. The molecular weight excluding hydrogens is 244 g/mol. The van der Waals surface area contributed by atoms with Crippen molar-refractivity contribution < 1.29 is 14.6 Å². The van der Waals surface area contributed by atoms with Gasteiger partial charge in [0.2, 0.25) is 5.16 Å². The fraction of sp³-hybridized carbons (Fsp3) is 0.778. The molecule has 1 aromatic heterocycles. The van der Waals surface area contributed by atoms with Crippen LogP contribution >= 0.6 is 11.8 Å². The van der Waals surface area contributed by atoms with Crippen LogP contribution in [0.15, 0.2) is 5.16 Å². The number of hydrogen-bond acceptors (Lipinski definition) is 6. The van der Waals surface area contributed by atoms with Crippen LogP contribution in [0, 0.1) is 0 Å². The third-order valence-corrected chi connectivity index (χ3v) is 4.01. The number of rotatable bonds is 4. The van der Waals surface area contributed by atoms with Crippen LogP contribution in [0.2, 0.25) is 0 Å². The smallest absolute Gasteiger partial charge is 0.313 e. The van der Waals surface area contributed by atoms with Crippen LogP contribution in [0.4, 0.5) is 0 Å². The first-order valence-corrected chi connectivity index (χ1v) is 6.27. The van der Waals surface area contributed by atoms with E-state index in [1.807, 2.05) is 13.8 Å². The van der Waals surface area contributed by atoms with E-state index in [1.165, 1.54) is 0 Å². The third-order valence-electron chi connectivity index (χ3n) is 3.10. The number of hydrogen-bond donors (Lipinski definition) is 1. The zero-order valence-electron chi connectivity index (χ0n) is 9.66.